The van der Waals surface area contributed by atoms with Crippen molar-refractivity contribution in [3.8, 4) is 0 Å². The van der Waals surface area contributed by atoms with E-state index >= 15 is 0 Å². The van der Waals surface area contributed by atoms with Gasteiger partial charge < -0.3 is 10.6 Å². The molecule has 10 heavy (non-hydrogen) atoms. The van der Waals surface area contributed by atoms with E-state index in [1.54, 1.807) is 4.90 Å². The predicted molar refractivity (Wildman–Crippen MR) is 41.8 cm³/mol. The Morgan fingerprint density at radius 2 is 2.30 bits per heavy atom. The van der Waals surface area contributed by atoms with Gasteiger partial charge in [0.25, 0.3) is 0 Å². The lowest BCUT2D eigenvalue weighted by molar-refractivity contribution is -0.129. The van der Waals surface area contributed by atoms with E-state index in [0.29, 0.717) is 6.42 Å². The minimum atomic E-state index is -0.0972. The maximum absolute atomic E-state index is 10.9. The third-order valence-electron chi connectivity index (χ3n) is 1.60. The van der Waals surface area contributed by atoms with Crippen LogP contribution in [-0.2, 0) is 4.79 Å². The molecule has 1 amide bonds. The maximum Gasteiger partial charge on any atom is 0.223 e. The van der Waals surface area contributed by atoms with E-state index in [4.69, 9.17) is 5.73 Å². The summed E-state index contributed by atoms with van der Waals surface area (Å²) in [4.78, 5) is 12.6. The molecule has 1 aliphatic heterocycles. The van der Waals surface area contributed by atoms with E-state index < -0.39 is 0 Å². The van der Waals surface area contributed by atoms with Crippen LogP contribution in [0.25, 0.3) is 0 Å². The molecule has 0 radical (unpaired) electrons. The number of hydrogen-bond donors (Lipinski definition) is 1. The normalized spacial score (nSPS) is 20.6. The van der Waals surface area contributed by atoms with Crippen LogP contribution in [0.2, 0.25) is 0 Å². The van der Waals surface area contributed by atoms with E-state index in [-0.39, 0.29) is 24.5 Å². The Labute approximate surface area is 67.0 Å². The Morgan fingerprint density at radius 1 is 1.70 bits per heavy atom. The number of nitrogens with two attached hydrogens (primary N) is 1. The fourth-order valence-electron chi connectivity index (χ4n) is 1.10. The average Bonchev–Trinajstić information content (AvgIpc) is 2.13. The van der Waals surface area contributed by atoms with Crippen molar-refractivity contribution in [2.24, 2.45) is 5.73 Å². The highest BCUT2D eigenvalue weighted by atomic mass is 35.5. The number of hydrogen-bond acceptors (Lipinski definition) is 2. The summed E-state index contributed by atoms with van der Waals surface area (Å²) in [5, 5.41) is 0. The number of likely N-dealkylation sites (tertiary alicyclic amines) is 1. The van der Waals surface area contributed by atoms with Gasteiger partial charge in [0.2, 0.25) is 5.91 Å². The summed E-state index contributed by atoms with van der Waals surface area (Å²) in [5.74, 6) is 0.199. The predicted octanol–water partition coefficient (Wildman–Crippen LogP) is 0.335. The number of carbonyl (C=O) groups excluding carboxylic acids is 1. The van der Waals surface area contributed by atoms with Crippen molar-refractivity contribution < 1.29 is 4.79 Å². The Hall–Kier alpha value is -0.280. The molecule has 1 heterocycles. The summed E-state index contributed by atoms with van der Waals surface area (Å²) in [6.45, 7) is 2.68. The van der Waals surface area contributed by atoms with Crippen molar-refractivity contribution in [3.63, 3.8) is 0 Å². The van der Waals surface area contributed by atoms with Crippen LogP contribution < -0.4 is 5.73 Å². The van der Waals surface area contributed by atoms with Gasteiger partial charge in [-0.2, -0.15) is 0 Å². The first kappa shape index (κ1) is 9.72. The van der Waals surface area contributed by atoms with Crippen molar-refractivity contribution >= 4 is 18.3 Å². The number of nitrogens with zero attached hydrogens (tertiary/aromatic N) is 1. The molecule has 0 saturated carbocycles. The van der Waals surface area contributed by atoms with Crippen LogP contribution in [0.3, 0.4) is 0 Å². The molecule has 0 aliphatic carbocycles. The molecule has 1 unspecified atom stereocenters. The van der Waals surface area contributed by atoms with Crippen LogP contribution in [0, 0.1) is 0 Å². The van der Waals surface area contributed by atoms with Crippen molar-refractivity contribution in [1.82, 2.24) is 4.90 Å². The molecule has 1 saturated heterocycles. The lowest BCUT2D eigenvalue weighted by Gasteiger charge is -2.19. The summed E-state index contributed by atoms with van der Waals surface area (Å²) >= 11 is 0. The van der Waals surface area contributed by atoms with Gasteiger partial charge in [0.15, 0.2) is 0 Å². The molecule has 0 aromatic carbocycles. The van der Waals surface area contributed by atoms with Crippen molar-refractivity contribution in [2.45, 2.75) is 25.9 Å². The molecule has 0 aromatic heterocycles. The summed E-state index contributed by atoms with van der Waals surface area (Å²) in [6.07, 6.45) is 1.56. The second-order valence-corrected chi connectivity index (χ2v) is 2.43. The summed E-state index contributed by atoms with van der Waals surface area (Å²) < 4.78 is 0. The molecule has 1 atom stereocenters. The Bertz CT molecular complexity index is 127. The second kappa shape index (κ2) is 3.78. The Balaban J connectivity index is 0.000000810. The topological polar surface area (TPSA) is 46.3 Å². The third-order valence-corrected chi connectivity index (χ3v) is 1.60. The minimum absolute atomic E-state index is 0. The lowest BCUT2D eigenvalue weighted by Crippen LogP contribution is -2.40. The molecule has 3 nitrogen and oxygen atoms in total. The number of rotatable bonds is 1. The van der Waals surface area contributed by atoms with Gasteiger partial charge in [-0.15, -0.1) is 12.4 Å². The zero-order chi connectivity index (χ0) is 6.85. The van der Waals surface area contributed by atoms with Gasteiger partial charge in [-0.25, -0.2) is 0 Å². The first-order valence-corrected chi connectivity index (χ1v) is 3.27. The van der Waals surface area contributed by atoms with Crippen molar-refractivity contribution in [1.29, 1.82) is 0 Å². The maximum atomic E-state index is 10.9. The first-order chi connectivity index (χ1) is 4.22. The summed E-state index contributed by atoms with van der Waals surface area (Å²) in [5.41, 5.74) is 5.49. The zero-order valence-corrected chi connectivity index (χ0v) is 6.86. The van der Waals surface area contributed by atoms with Crippen LogP contribution in [0.15, 0.2) is 0 Å². The van der Waals surface area contributed by atoms with Gasteiger partial charge >= 0.3 is 0 Å². The lowest BCUT2D eigenvalue weighted by atomic mass is 10.4. The highest BCUT2D eigenvalue weighted by Crippen LogP contribution is 2.09. The molecule has 2 N–H and O–H groups in total. The molecule has 4 heteroatoms. The van der Waals surface area contributed by atoms with E-state index in [1.165, 1.54) is 0 Å². The molecule has 1 fully saturated rings. The molecule has 1 rings (SSSR count). The molecule has 0 spiro atoms. The number of amides is 1. The highest BCUT2D eigenvalue weighted by molar-refractivity contribution is 5.85. The van der Waals surface area contributed by atoms with Crippen molar-refractivity contribution in [3.05, 3.63) is 0 Å². The second-order valence-electron chi connectivity index (χ2n) is 2.43. The van der Waals surface area contributed by atoms with Crippen molar-refractivity contribution in [2.75, 3.05) is 6.54 Å². The zero-order valence-electron chi connectivity index (χ0n) is 6.04. The molecule has 1 aliphatic rings. The molecular weight excluding hydrogens is 152 g/mol. The van der Waals surface area contributed by atoms with E-state index in [2.05, 4.69) is 0 Å². The molecule has 0 bridgehead atoms. The fourth-order valence-corrected chi connectivity index (χ4v) is 1.10. The van der Waals surface area contributed by atoms with Gasteiger partial charge in [0.05, 0.1) is 6.17 Å². The largest absolute Gasteiger partial charge is 0.328 e. The standard InChI is InChI=1S/C6H12N2O.ClH/c1-5(7)8-4-2-3-6(8)9;/h5H,2-4,7H2,1H3;1H. The Morgan fingerprint density at radius 3 is 2.50 bits per heavy atom. The van der Waals surface area contributed by atoms with E-state index in [0.717, 1.165) is 13.0 Å². The SMILES string of the molecule is CC(N)N1CCCC1=O.Cl. The number of carbonyl (C=O) groups is 1. The fraction of sp³-hybridized carbons (Fsp3) is 0.833. The quantitative estimate of drug-likeness (QED) is 0.608. The van der Waals surface area contributed by atoms with Crippen LogP contribution in [-0.4, -0.2) is 23.5 Å². The Kier molecular flexibility index (Phi) is 3.68. The van der Waals surface area contributed by atoms with Crippen LogP contribution in [0.5, 0.6) is 0 Å². The minimum Gasteiger partial charge on any atom is -0.328 e. The third kappa shape index (κ3) is 1.85. The van der Waals surface area contributed by atoms with Crippen LogP contribution >= 0.6 is 12.4 Å². The van der Waals surface area contributed by atoms with E-state index in [9.17, 15) is 4.79 Å². The smallest absolute Gasteiger partial charge is 0.223 e. The molecular formula is C6H13ClN2O. The van der Waals surface area contributed by atoms with Gasteiger partial charge in [-0.3, -0.25) is 4.79 Å². The summed E-state index contributed by atoms with van der Waals surface area (Å²) in [7, 11) is 0. The summed E-state index contributed by atoms with van der Waals surface area (Å²) in [6, 6.07) is 0. The van der Waals surface area contributed by atoms with E-state index in [1.807, 2.05) is 6.92 Å². The van der Waals surface area contributed by atoms with Gasteiger partial charge in [-0.05, 0) is 13.3 Å². The first-order valence-electron chi connectivity index (χ1n) is 3.27. The van der Waals surface area contributed by atoms with Gasteiger partial charge in [0.1, 0.15) is 0 Å². The van der Waals surface area contributed by atoms with Gasteiger partial charge in [-0.1, -0.05) is 0 Å². The van der Waals surface area contributed by atoms with Crippen LogP contribution in [0.4, 0.5) is 0 Å². The molecule has 0 aromatic rings. The number of halogens is 1. The highest BCUT2D eigenvalue weighted by Gasteiger charge is 2.21. The van der Waals surface area contributed by atoms with Gasteiger partial charge in [0, 0.05) is 13.0 Å². The molecule has 60 valence electrons. The monoisotopic (exact) mass is 164 g/mol. The average molecular weight is 165 g/mol. The van der Waals surface area contributed by atoms with Crippen LogP contribution in [0.1, 0.15) is 19.8 Å².